The first-order valence-electron chi connectivity index (χ1n) is 8.80. The summed E-state index contributed by atoms with van der Waals surface area (Å²) in [6.45, 7) is 3.08. The third kappa shape index (κ3) is 4.87. The SMILES string of the molecule is O=C(C1CCCCN1Cc1ccc(OC(F)(F)F)cc1)N1CCCC1. The fourth-order valence-corrected chi connectivity index (χ4v) is 3.64. The smallest absolute Gasteiger partial charge is 0.406 e. The van der Waals surface area contributed by atoms with E-state index < -0.39 is 6.36 Å². The predicted molar refractivity (Wildman–Crippen MR) is 87.0 cm³/mol. The van der Waals surface area contributed by atoms with Crippen LogP contribution in [0.4, 0.5) is 13.2 Å². The predicted octanol–water partition coefficient (Wildman–Crippen LogP) is 3.56. The van der Waals surface area contributed by atoms with E-state index in [4.69, 9.17) is 0 Å². The normalized spacial score (nSPS) is 22.2. The first-order valence-corrected chi connectivity index (χ1v) is 8.80. The number of likely N-dealkylation sites (tertiary alicyclic amines) is 2. The topological polar surface area (TPSA) is 32.8 Å². The lowest BCUT2D eigenvalue weighted by Gasteiger charge is -2.36. The third-order valence-corrected chi connectivity index (χ3v) is 4.86. The minimum absolute atomic E-state index is 0.113. The molecule has 1 aromatic carbocycles. The van der Waals surface area contributed by atoms with Gasteiger partial charge in [-0.15, -0.1) is 13.2 Å². The molecule has 2 fully saturated rings. The Hall–Kier alpha value is -1.76. The van der Waals surface area contributed by atoms with Crippen molar-refractivity contribution in [2.45, 2.75) is 51.1 Å². The first kappa shape index (κ1) is 18.0. The van der Waals surface area contributed by atoms with Crippen LogP contribution in [-0.4, -0.2) is 47.7 Å². The summed E-state index contributed by atoms with van der Waals surface area (Å²) in [7, 11) is 0. The summed E-state index contributed by atoms with van der Waals surface area (Å²) in [6.07, 6.45) is 0.392. The van der Waals surface area contributed by atoms with E-state index in [1.54, 1.807) is 12.1 Å². The van der Waals surface area contributed by atoms with Gasteiger partial charge in [0, 0.05) is 19.6 Å². The number of alkyl halides is 3. The van der Waals surface area contributed by atoms with E-state index in [1.165, 1.54) is 12.1 Å². The lowest BCUT2D eigenvalue weighted by molar-refractivity contribution is -0.274. The van der Waals surface area contributed by atoms with E-state index >= 15 is 0 Å². The third-order valence-electron chi connectivity index (χ3n) is 4.86. The van der Waals surface area contributed by atoms with Gasteiger partial charge in [0.25, 0.3) is 0 Å². The van der Waals surface area contributed by atoms with Crippen molar-refractivity contribution in [3.05, 3.63) is 29.8 Å². The summed E-state index contributed by atoms with van der Waals surface area (Å²) < 4.78 is 40.6. The number of hydrogen-bond donors (Lipinski definition) is 0. The number of benzene rings is 1. The molecule has 0 spiro atoms. The molecule has 2 saturated heterocycles. The molecule has 0 aromatic heterocycles. The monoisotopic (exact) mass is 356 g/mol. The summed E-state index contributed by atoms with van der Waals surface area (Å²) in [5, 5.41) is 0. The highest BCUT2D eigenvalue weighted by Crippen LogP contribution is 2.26. The van der Waals surface area contributed by atoms with E-state index in [9.17, 15) is 18.0 Å². The van der Waals surface area contributed by atoms with Gasteiger partial charge < -0.3 is 9.64 Å². The van der Waals surface area contributed by atoms with Crippen LogP contribution in [-0.2, 0) is 11.3 Å². The van der Waals surface area contributed by atoms with Gasteiger partial charge in [0.2, 0.25) is 5.91 Å². The Kier molecular flexibility index (Phi) is 5.51. The van der Waals surface area contributed by atoms with E-state index in [0.29, 0.717) is 6.54 Å². The van der Waals surface area contributed by atoms with Crippen LogP contribution in [0.2, 0.25) is 0 Å². The summed E-state index contributed by atoms with van der Waals surface area (Å²) in [5.74, 6) is -0.0196. The molecule has 25 heavy (non-hydrogen) atoms. The average molecular weight is 356 g/mol. The molecule has 1 atom stereocenters. The van der Waals surface area contributed by atoms with Crippen LogP contribution in [0.15, 0.2) is 24.3 Å². The van der Waals surface area contributed by atoms with Crippen molar-refractivity contribution in [3.8, 4) is 5.75 Å². The van der Waals surface area contributed by atoms with Gasteiger partial charge in [-0.2, -0.15) is 0 Å². The number of carbonyl (C=O) groups excluding carboxylic acids is 1. The second kappa shape index (κ2) is 7.64. The van der Waals surface area contributed by atoms with Crippen LogP contribution in [0.5, 0.6) is 5.75 Å². The fraction of sp³-hybridized carbons (Fsp3) is 0.611. The van der Waals surface area contributed by atoms with E-state index in [1.807, 2.05) is 4.90 Å². The average Bonchev–Trinajstić information content (AvgIpc) is 3.10. The van der Waals surface area contributed by atoms with Gasteiger partial charge in [-0.1, -0.05) is 18.6 Å². The molecule has 2 aliphatic heterocycles. The van der Waals surface area contributed by atoms with Crippen molar-refractivity contribution in [1.82, 2.24) is 9.80 Å². The maximum absolute atomic E-state index is 12.8. The van der Waals surface area contributed by atoms with Crippen LogP contribution < -0.4 is 4.74 Å². The summed E-state index contributed by atoms with van der Waals surface area (Å²) in [5.41, 5.74) is 0.885. The minimum atomic E-state index is -4.68. The number of hydrogen-bond acceptors (Lipinski definition) is 3. The molecule has 7 heteroatoms. The van der Waals surface area contributed by atoms with Gasteiger partial charge in [0.05, 0.1) is 6.04 Å². The maximum Gasteiger partial charge on any atom is 0.573 e. The Balaban J connectivity index is 1.64. The van der Waals surface area contributed by atoms with E-state index in [0.717, 1.165) is 57.3 Å². The molecule has 0 radical (unpaired) electrons. The Morgan fingerprint density at radius 2 is 1.68 bits per heavy atom. The summed E-state index contributed by atoms with van der Waals surface area (Å²) >= 11 is 0. The molecule has 0 bridgehead atoms. The lowest BCUT2D eigenvalue weighted by atomic mass is 10.00. The van der Waals surface area contributed by atoms with Crippen LogP contribution in [0.3, 0.4) is 0 Å². The molecular weight excluding hydrogens is 333 g/mol. The Morgan fingerprint density at radius 1 is 1.04 bits per heavy atom. The number of carbonyl (C=O) groups is 1. The molecule has 0 saturated carbocycles. The zero-order chi connectivity index (χ0) is 17.9. The Bertz CT molecular complexity index is 583. The molecular formula is C18H23F3N2O2. The molecule has 0 aliphatic carbocycles. The van der Waals surface area contributed by atoms with Gasteiger partial charge in [0.15, 0.2) is 0 Å². The summed E-state index contributed by atoms with van der Waals surface area (Å²) in [6, 6.07) is 5.80. The molecule has 4 nitrogen and oxygen atoms in total. The van der Waals surface area contributed by atoms with Crippen molar-refractivity contribution >= 4 is 5.91 Å². The zero-order valence-corrected chi connectivity index (χ0v) is 14.1. The van der Waals surface area contributed by atoms with Crippen LogP contribution >= 0.6 is 0 Å². The first-order chi connectivity index (χ1) is 11.9. The number of nitrogens with zero attached hydrogens (tertiary/aromatic N) is 2. The van der Waals surface area contributed by atoms with Gasteiger partial charge in [-0.3, -0.25) is 9.69 Å². The van der Waals surface area contributed by atoms with E-state index in [2.05, 4.69) is 9.64 Å². The molecule has 1 amide bonds. The molecule has 0 N–H and O–H groups in total. The second-order valence-electron chi connectivity index (χ2n) is 6.71. The molecule has 2 aliphatic rings. The fourth-order valence-electron chi connectivity index (χ4n) is 3.64. The number of piperidine rings is 1. The van der Waals surface area contributed by atoms with Crippen LogP contribution in [0, 0.1) is 0 Å². The highest BCUT2D eigenvalue weighted by molar-refractivity contribution is 5.82. The molecule has 2 heterocycles. The summed E-state index contributed by atoms with van der Waals surface area (Å²) in [4.78, 5) is 16.9. The van der Waals surface area contributed by atoms with Crippen molar-refractivity contribution in [2.24, 2.45) is 0 Å². The van der Waals surface area contributed by atoms with Gasteiger partial charge in [-0.05, 0) is 49.9 Å². The maximum atomic E-state index is 12.8. The van der Waals surface area contributed by atoms with Gasteiger partial charge in [-0.25, -0.2) is 0 Å². The standard InChI is InChI=1S/C18H23F3N2O2/c19-18(20,21)25-15-8-6-14(7-9-15)13-23-12-2-1-5-16(23)17(24)22-10-3-4-11-22/h6-9,16H,1-5,10-13H2. The van der Waals surface area contributed by atoms with Crippen molar-refractivity contribution in [1.29, 1.82) is 0 Å². The Labute approximate surface area is 145 Å². The molecule has 3 rings (SSSR count). The zero-order valence-electron chi connectivity index (χ0n) is 14.1. The van der Waals surface area contributed by atoms with Crippen molar-refractivity contribution < 1.29 is 22.7 Å². The largest absolute Gasteiger partial charge is 0.573 e. The molecule has 1 unspecified atom stereocenters. The lowest BCUT2D eigenvalue weighted by Crippen LogP contribution is -2.49. The second-order valence-corrected chi connectivity index (χ2v) is 6.71. The van der Waals surface area contributed by atoms with Crippen LogP contribution in [0.1, 0.15) is 37.7 Å². The Morgan fingerprint density at radius 3 is 2.32 bits per heavy atom. The number of ether oxygens (including phenoxy) is 1. The number of halogens is 3. The van der Waals surface area contributed by atoms with Gasteiger partial charge in [0.1, 0.15) is 5.75 Å². The molecule has 138 valence electrons. The quantitative estimate of drug-likeness (QED) is 0.827. The van der Waals surface area contributed by atoms with E-state index in [-0.39, 0.29) is 17.7 Å². The van der Waals surface area contributed by atoms with Crippen molar-refractivity contribution in [2.75, 3.05) is 19.6 Å². The highest BCUT2D eigenvalue weighted by atomic mass is 19.4. The molecule has 1 aromatic rings. The number of amides is 1. The number of rotatable bonds is 4. The highest BCUT2D eigenvalue weighted by Gasteiger charge is 2.33. The van der Waals surface area contributed by atoms with Gasteiger partial charge >= 0.3 is 6.36 Å². The van der Waals surface area contributed by atoms with Crippen molar-refractivity contribution in [3.63, 3.8) is 0 Å². The van der Waals surface area contributed by atoms with Crippen LogP contribution in [0.25, 0.3) is 0 Å². The minimum Gasteiger partial charge on any atom is -0.406 e.